The maximum atomic E-state index is 12.7. The number of rotatable bonds is 4. The van der Waals surface area contributed by atoms with Gasteiger partial charge < -0.3 is 15.3 Å². The van der Waals surface area contributed by atoms with Crippen LogP contribution in [0.5, 0.6) is 0 Å². The molecule has 1 saturated heterocycles. The van der Waals surface area contributed by atoms with Crippen molar-refractivity contribution in [2.24, 2.45) is 17.8 Å². The Kier molecular flexibility index (Phi) is 5.49. The van der Waals surface area contributed by atoms with Crippen molar-refractivity contribution in [2.45, 2.75) is 20.8 Å². The number of hydrogen-bond acceptors (Lipinski definition) is 3. The van der Waals surface area contributed by atoms with Crippen molar-refractivity contribution in [3.8, 4) is 0 Å². The van der Waals surface area contributed by atoms with Crippen LogP contribution in [0, 0.1) is 17.8 Å². The molecular formula is C17H21ClN2O4. The highest BCUT2D eigenvalue weighted by atomic mass is 35.5. The Morgan fingerprint density at radius 1 is 1.29 bits per heavy atom. The Balaban J connectivity index is 2.20. The van der Waals surface area contributed by atoms with Crippen molar-refractivity contribution in [3.63, 3.8) is 0 Å². The summed E-state index contributed by atoms with van der Waals surface area (Å²) < 4.78 is 0. The fourth-order valence-electron chi connectivity index (χ4n) is 2.68. The molecule has 0 unspecified atom stereocenters. The molecule has 2 rings (SSSR count). The number of nitrogens with one attached hydrogen (secondary N) is 1. The van der Waals surface area contributed by atoms with E-state index in [2.05, 4.69) is 5.32 Å². The Morgan fingerprint density at radius 3 is 2.50 bits per heavy atom. The van der Waals surface area contributed by atoms with Crippen LogP contribution in [0.3, 0.4) is 0 Å². The first kappa shape index (κ1) is 18.3. The van der Waals surface area contributed by atoms with E-state index in [-0.39, 0.29) is 40.8 Å². The molecule has 0 aromatic heterocycles. The molecule has 0 radical (unpaired) electrons. The van der Waals surface area contributed by atoms with Crippen LogP contribution in [0.2, 0.25) is 5.02 Å². The normalized spacial score (nSPS) is 20.3. The molecular weight excluding hydrogens is 332 g/mol. The lowest BCUT2D eigenvalue weighted by Crippen LogP contribution is -2.30. The Bertz CT molecular complexity index is 675. The van der Waals surface area contributed by atoms with Crippen molar-refractivity contribution >= 4 is 35.1 Å². The lowest BCUT2D eigenvalue weighted by molar-refractivity contribution is -0.142. The van der Waals surface area contributed by atoms with Crippen LogP contribution in [0.4, 0.5) is 5.69 Å². The molecule has 1 heterocycles. The third kappa shape index (κ3) is 3.87. The predicted molar refractivity (Wildman–Crippen MR) is 91.1 cm³/mol. The van der Waals surface area contributed by atoms with E-state index < -0.39 is 11.9 Å². The topological polar surface area (TPSA) is 86.7 Å². The molecule has 1 aliphatic heterocycles. The smallest absolute Gasteiger partial charge is 0.308 e. The van der Waals surface area contributed by atoms with Gasteiger partial charge in [-0.15, -0.1) is 0 Å². The van der Waals surface area contributed by atoms with Gasteiger partial charge in [-0.05, 0) is 24.1 Å². The van der Waals surface area contributed by atoms with Gasteiger partial charge in [-0.1, -0.05) is 32.4 Å². The zero-order chi connectivity index (χ0) is 18.0. The molecule has 1 aromatic rings. The fourth-order valence-corrected chi connectivity index (χ4v) is 2.88. The van der Waals surface area contributed by atoms with E-state index in [9.17, 15) is 19.5 Å². The summed E-state index contributed by atoms with van der Waals surface area (Å²) in [7, 11) is 0. The largest absolute Gasteiger partial charge is 0.481 e. The monoisotopic (exact) mass is 352 g/mol. The quantitative estimate of drug-likeness (QED) is 0.872. The highest BCUT2D eigenvalue weighted by Crippen LogP contribution is 2.28. The zero-order valence-corrected chi connectivity index (χ0v) is 14.6. The number of carbonyl (C=O) groups is 3. The molecule has 2 atom stereocenters. The molecule has 0 spiro atoms. The van der Waals surface area contributed by atoms with E-state index in [1.807, 2.05) is 6.92 Å². The van der Waals surface area contributed by atoms with Gasteiger partial charge in [0.1, 0.15) is 0 Å². The number of carboxylic acids is 1. The maximum Gasteiger partial charge on any atom is 0.308 e. The zero-order valence-electron chi connectivity index (χ0n) is 13.9. The number of anilines is 1. The summed E-state index contributed by atoms with van der Waals surface area (Å²) in [4.78, 5) is 37.2. The Hall–Kier alpha value is -2.08. The number of benzene rings is 1. The van der Waals surface area contributed by atoms with E-state index in [4.69, 9.17) is 11.6 Å². The van der Waals surface area contributed by atoms with Gasteiger partial charge in [0.25, 0.3) is 5.91 Å². The molecule has 24 heavy (non-hydrogen) atoms. The van der Waals surface area contributed by atoms with Crippen LogP contribution < -0.4 is 5.32 Å². The molecule has 1 aliphatic rings. The summed E-state index contributed by atoms with van der Waals surface area (Å²) in [5.41, 5.74) is 0.750. The number of amides is 2. The Morgan fingerprint density at radius 2 is 1.96 bits per heavy atom. The van der Waals surface area contributed by atoms with Gasteiger partial charge in [-0.2, -0.15) is 0 Å². The summed E-state index contributed by atoms with van der Waals surface area (Å²) in [6.07, 6.45) is 0. The molecule has 2 amide bonds. The first-order valence-corrected chi connectivity index (χ1v) is 8.21. The standard InChI is InChI=1S/C17H21ClN2O4/c1-9(2)15(21)19-11-4-5-14(18)12(6-11)16(22)20-7-10(3)13(8-20)17(23)24/h4-6,9-10,13H,7-8H2,1-3H3,(H,19,21)(H,23,24)/t10-,13-/m1/s1. The highest BCUT2D eigenvalue weighted by molar-refractivity contribution is 6.34. The van der Waals surface area contributed by atoms with Gasteiger partial charge in [0.2, 0.25) is 5.91 Å². The molecule has 1 aromatic carbocycles. The number of hydrogen-bond donors (Lipinski definition) is 2. The number of carbonyl (C=O) groups excluding carboxylic acids is 2. The van der Waals surface area contributed by atoms with Gasteiger partial charge in [-0.3, -0.25) is 14.4 Å². The van der Waals surface area contributed by atoms with Gasteiger partial charge in [-0.25, -0.2) is 0 Å². The Labute approximate surface area is 145 Å². The van der Waals surface area contributed by atoms with Crippen molar-refractivity contribution in [1.82, 2.24) is 4.90 Å². The van der Waals surface area contributed by atoms with Gasteiger partial charge in [0, 0.05) is 24.7 Å². The summed E-state index contributed by atoms with van der Waals surface area (Å²) in [5, 5.41) is 12.2. The van der Waals surface area contributed by atoms with E-state index in [1.165, 1.54) is 11.0 Å². The average molecular weight is 353 g/mol. The number of carboxylic acid groups (broad SMARTS) is 1. The second kappa shape index (κ2) is 7.21. The number of likely N-dealkylation sites (tertiary alicyclic amines) is 1. The molecule has 130 valence electrons. The summed E-state index contributed by atoms with van der Waals surface area (Å²) in [6, 6.07) is 4.72. The predicted octanol–water partition coefficient (Wildman–Crippen LogP) is 2.73. The third-order valence-corrected chi connectivity index (χ3v) is 4.54. The lowest BCUT2D eigenvalue weighted by Gasteiger charge is -2.18. The molecule has 0 bridgehead atoms. The van der Waals surface area contributed by atoms with Crippen molar-refractivity contribution in [2.75, 3.05) is 18.4 Å². The van der Waals surface area contributed by atoms with Crippen molar-refractivity contribution < 1.29 is 19.5 Å². The summed E-state index contributed by atoms with van der Waals surface area (Å²) in [5.74, 6) is -2.25. The number of halogens is 1. The molecule has 6 nitrogen and oxygen atoms in total. The van der Waals surface area contributed by atoms with Crippen LogP contribution in [0.1, 0.15) is 31.1 Å². The minimum Gasteiger partial charge on any atom is -0.481 e. The second-order valence-electron chi connectivity index (χ2n) is 6.47. The minimum atomic E-state index is -0.901. The van der Waals surface area contributed by atoms with E-state index >= 15 is 0 Å². The molecule has 7 heteroatoms. The first-order valence-electron chi connectivity index (χ1n) is 7.83. The number of aliphatic carboxylic acids is 1. The molecule has 1 fully saturated rings. The van der Waals surface area contributed by atoms with Gasteiger partial charge in [0.05, 0.1) is 16.5 Å². The van der Waals surface area contributed by atoms with E-state index in [1.54, 1.807) is 26.0 Å². The van der Waals surface area contributed by atoms with Crippen LogP contribution in [0.15, 0.2) is 18.2 Å². The molecule has 0 aliphatic carbocycles. The van der Waals surface area contributed by atoms with Crippen LogP contribution in [0.25, 0.3) is 0 Å². The van der Waals surface area contributed by atoms with Crippen LogP contribution in [-0.4, -0.2) is 40.9 Å². The molecule has 0 saturated carbocycles. The summed E-state index contributed by atoms with van der Waals surface area (Å²) >= 11 is 6.13. The van der Waals surface area contributed by atoms with Gasteiger partial charge >= 0.3 is 5.97 Å². The lowest BCUT2D eigenvalue weighted by atomic mass is 9.99. The van der Waals surface area contributed by atoms with Crippen molar-refractivity contribution in [1.29, 1.82) is 0 Å². The van der Waals surface area contributed by atoms with Crippen LogP contribution in [-0.2, 0) is 9.59 Å². The SMILES string of the molecule is CC(C)C(=O)Nc1ccc(Cl)c(C(=O)N2C[C@@H](C)[C@H](C(=O)O)C2)c1. The van der Waals surface area contributed by atoms with E-state index in [0.717, 1.165) is 0 Å². The molecule has 2 N–H and O–H groups in total. The fraction of sp³-hybridized carbons (Fsp3) is 0.471. The second-order valence-corrected chi connectivity index (χ2v) is 6.88. The minimum absolute atomic E-state index is 0.117. The van der Waals surface area contributed by atoms with Crippen molar-refractivity contribution in [3.05, 3.63) is 28.8 Å². The maximum absolute atomic E-state index is 12.7. The highest BCUT2D eigenvalue weighted by Gasteiger charge is 2.37. The third-order valence-electron chi connectivity index (χ3n) is 4.21. The average Bonchev–Trinajstić information content (AvgIpc) is 2.90. The van der Waals surface area contributed by atoms with Crippen LogP contribution >= 0.6 is 11.6 Å². The van der Waals surface area contributed by atoms with Gasteiger partial charge in [0.15, 0.2) is 0 Å². The summed E-state index contributed by atoms with van der Waals surface area (Å²) in [6.45, 7) is 5.89. The first-order chi connectivity index (χ1) is 11.2. The number of nitrogens with zero attached hydrogens (tertiary/aromatic N) is 1. The van der Waals surface area contributed by atoms with E-state index in [0.29, 0.717) is 12.2 Å².